The van der Waals surface area contributed by atoms with Crippen LogP contribution >= 0.6 is 0 Å². The van der Waals surface area contributed by atoms with Gasteiger partial charge >= 0.3 is 0 Å². The summed E-state index contributed by atoms with van der Waals surface area (Å²) in [7, 11) is 0. The van der Waals surface area contributed by atoms with E-state index < -0.39 is 0 Å². The molecule has 122 valence electrons. The average Bonchev–Trinajstić information content (AvgIpc) is 2.67. The van der Waals surface area contributed by atoms with E-state index >= 15 is 0 Å². The smallest absolute Gasteiger partial charge is 0.252 e. The van der Waals surface area contributed by atoms with Gasteiger partial charge in [-0.2, -0.15) is 5.26 Å². The average molecular weight is 329 g/mol. The number of nitrogens with one attached hydrogen (secondary N) is 2. The normalized spacial score (nSPS) is 9.88. The van der Waals surface area contributed by atoms with Crippen LogP contribution in [0.25, 0.3) is 11.3 Å². The molecule has 2 N–H and O–H groups in total. The van der Waals surface area contributed by atoms with Crippen LogP contribution in [-0.4, -0.2) is 22.4 Å². The summed E-state index contributed by atoms with van der Waals surface area (Å²) in [4.78, 5) is 20.5. The molecule has 0 saturated heterocycles. The highest BCUT2D eigenvalue weighted by molar-refractivity contribution is 5.94. The summed E-state index contributed by atoms with van der Waals surface area (Å²) in [6, 6.07) is 20.4. The Morgan fingerprint density at radius 1 is 1.04 bits per heavy atom. The van der Waals surface area contributed by atoms with E-state index in [1.807, 2.05) is 48.5 Å². The second kappa shape index (κ2) is 7.70. The minimum Gasteiger partial charge on any atom is -0.339 e. The van der Waals surface area contributed by atoms with Crippen LogP contribution in [0, 0.1) is 11.3 Å². The third-order valence-electron chi connectivity index (χ3n) is 3.46. The predicted octanol–water partition coefficient (Wildman–Crippen LogP) is 3.14. The van der Waals surface area contributed by atoms with Crippen LogP contribution in [0.1, 0.15) is 10.4 Å². The molecule has 6 nitrogen and oxygen atoms in total. The summed E-state index contributed by atoms with van der Waals surface area (Å²) in [5.41, 5.74) is 3.02. The number of rotatable bonds is 5. The molecule has 0 fully saturated rings. The van der Waals surface area contributed by atoms with Gasteiger partial charge in [0.2, 0.25) is 5.95 Å². The number of amides is 1. The Morgan fingerprint density at radius 3 is 2.52 bits per heavy atom. The van der Waals surface area contributed by atoms with E-state index in [-0.39, 0.29) is 12.5 Å². The maximum Gasteiger partial charge on any atom is 0.252 e. The van der Waals surface area contributed by atoms with E-state index in [1.165, 1.54) is 0 Å². The largest absolute Gasteiger partial charge is 0.339 e. The lowest BCUT2D eigenvalue weighted by Gasteiger charge is -2.07. The van der Waals surface area contributed by atoms with E-state index in [2.05, 4.69) is 20.6 Å². The summed E-state index contributed by atoms with van der Waals surface area (Å²) < 4.78 is 0. The molecule has 3 rings (SSSR count). The first-order valence-corrected chi connectivity index (χ1v) is 7.67. The van der Waals surface area contributed by atoms with Gasteiger partial charge in [-0.1, -0.05) is 30.3 Å². The van der Waals surface area contributed by atoms with Crippen molar-refractivity contribution in [3.8, 4) is 17.3 Å². The number of benzene rings is 2. The van der Waals surface area contributed by atoms with Crippen molar-refractivity contribution in [1.82, 2.24) is 15.3 Å². The molecule has 0 atom stereocenters. The number of hydrogen-bond donors (Lipinski definition) is 2. The number of carbonyl (C=O) groups is 1. The van der Waals surface area contributed by atoms with E-state index in [0.717, 1.165) is 16.9 Å². The molecule has 0 unspecified atom stereocenters. The Kier molecular flexibility index (Phi) is 4.98. The second-order valence-corrected chi connectivity index (χ2v) is 5.17. The topological polar surface area (TPSA) is 90.7 Å². The number of hydrogen-bond acceptors (Lipinski definition) is 5. The quantitative estimate of drug-likeness (QED) is 0.702. The first-order valence-electron chi connectivity index (χ1n) is 7.67. The standard InChI is InChI=1S/C19H15N5O/c20-11-13-21-18(25)15-8-6-14(7-9-15)17-10-12-22-19(24-17)23-16-4-2-1-3-5-16/h1-10,12H,13H2,(H,21,25)(H,22,23,24). The van der Waals surface area contributed by atoms with Gasteiger partial charge in [-0.15, -0.1) is 0 Å². The van der Waals surface area contributed by atoms with Crippen molar-refractivity contribution in [1.29, 1.82) is 5.26 Å². The molecule has 0 spiro atoms. The first-order chi connectivity index (χ1) is 12.3. The molecule has 6 heteroatoms. The van der Waals surface area contributed by atoms with Crippen molar-refractivity contribution in [3.63, 3.8) is 0 Å². The summed E-state index contributed by atoms with van der Waals surface area (Å²) in [6.45, 7) is -0.0129. The van der Waals surface area contributed by atoms with Gasteiger partial charge in [0.1, 0.15) is 6.54 Å². The molecule has 3 aromatic rings. The molecule has 1 aromatic heterocycles. The Balaban J connectivity index is 1.77. The number of nitriles is 1. The third-order valence-corrected chi connectivity index (χ3v) is 3.46. The summed E-state index contributed by atoms with van der Waals surface area (Å²) in [5, 5.41) is 14.2. The molecule has 0 aliphatic heterocycles. The summed E-state index contributed by atoms with van der Waals surface area (Å²) >= 11 is 0. The zero-order valence-electron chi connectivity index (χ0n) is 13.3. The van der Waals surface area contributed by atoms with Crippen LogP contribution in [0.15, 0.2) is 66.9 Å². The van der Waals surface area contributed by atoms with Gasteiger partial charge in [-0.3, -0.25) is 4.79 Å². The molecule has 0 radical (unpaired) electrons. The molecule has 0 saturated carbocycles. The lowest BCUT2D eigenvalue weighted by atomic mass is 10.1. The van der Waals surface area contributed by atoms with Crippen LogP contribution < -0.4 is 10.6 Å². The van der Waals surface area contributed by atoms with Crippen molar-refractivity contribution in [2.75, 3.05) is 11.9 Å². The fourth-order valence-electron chi connectivity index (χ4n) is 2.24. The lowest BCUT2D eigenvalue weighted by Crippen LogP contribution is -2.23. The summed E-state index contributed by atoms with van der Waals surface area (Å²) in [5.74, 6) is 0.224. The van der Waals surface area contributed by atoms with Crippen LogP contribution in [0.5, 0.6) is 0 Å². The Morgan fingerprint density at radius 2 is 1.80 bits per heavy atom. The predicted molar refractivity (Wildman–Crippen MR) is 95.1 cm³/mol. The summed E-state index contributed by atoms with van der Waals surface area (Å²) in [6.07, 6.45) is 1.68. The molecule has 25 heavy (non-hydrogen) atoms. The molecule has 1 amide bonds. The molecular formula is C19H15N5O. The Bertz CT molecular complexity index is 901. The molecule has 1 heterocycles. The van der Waals surface area contributed by atoms with Crippen LogP contribution in [0.2, 0.25) is 0 Å². The van der Waals surface area contributed by atoms with Crippen molar-refractivity contribution >= 4 is 17.5 Å². The molecule has 0 aliphatic rings. The Hall–Kier alpha value is -3.72. The van der Waals surface area contributed by atoms with Crippen molar-refractivity contribution in [3.05, 3.63) is 72.4 Å². The van der Waals surface area contributed by atoms with Crippen molar-refractivity contribution < 1.29 is 4.79 Å². The van der Waals surface area contributed by atoms with Gasteiger partial charge in [0.25, 0.3) is 5.91 Å². The maximum atomic E-state index is 11.8. The molecular weight excluding hydrogens is 314 g/mol. The number of nitrogens with zero attached hydrogens (tertiary/aromatic N) is 3. The Labute approximate surface area is 145 Å². The minimum absolute atomic E-state index is 0.0129. The van der Waals surface area contributed by atoms with Gasteiger partial charge in [-0.25, -0.2) is 9.97 Å². The van der Waals surface area contributed by atoms with E-state index in [0.29, 0.717) is 11.5 Å². The van der Waals surface area contributed by atoms with Gasteiger partial charge in [0, 0.05) is 23.0 Å². The van der Waals surface area contributed by atoms with E-state index in [9.17, 15) is 4.79 Å². The zero-order chi connectivity index (χ0) is 17.5. The fraction of sp³-hybridized carbons (Fsp3) is 0.0526. The number of carbonyl (C=O) groups excluding carboxylic acids is 1. The monoisotopic (exact) mass is 329 g/mol. The van der Waals surface area contributed by atoms with Gasteiger partial charge < -0.3 is 10.6 Å². The van der Waals surface area contributed by atoms with Crippen molar-refractivity contribution in [2.24, 2.45) is 0 Å². The zero-order valence-corrected chi connectivity index (χ0v) is 13.3. The number of anilines is 2. The van der Waals surface area contributed by atoms with Crippen LogP contribution in [0.3, 0.4) is 0 Å². The van der Waals surface area contributed by atoms with E-state index in [1.54, 1.807) is 24.4 Å². The van der Waals surface area contributed by atoms with Gasteiger partial charge in [-0.05, 0) is 30.3 Å². The highest BCUT2D eigenvalue weighted by atomic mass is 16.1. The molecule has 0 bridgehead atoms. The second-order valence-electron chi connectivity index (χ2n) is 5.17. The van der Waals surface area contributed by atoms with Crippen LogP contribution in [0.4, 0.5) is 11.6 Å². The van der Waals surface area contributed by atoms with Gasteiger partial charge in [0.05, 0.1) is 11.8 Å². The SMILES string of the molecule is N#CCNC(=O)c1ccc(-c2ccnc(Nc3ccccc3)n2)cc1. The van der Waals surface area contributed by atoms with E-state index in [4.69, 9.17) is 5.26 Å². The molecule has 2 aromatic carbocycles. The fourth-order valence-corrected chi connectivity index (χ4v) is 2.24. The highest BCUT2D eigenvalue weighted by Crippen LogP contribution is 2.20. The first kappa shape index (κ1) is 16.1. The number of para-hydroxylation sites is 1. The molecule has 0 aliphatic carbocycles. The minimum atomic E-state index is -0.276. The third kappa shape index (κ3) is 4.18. The van der Waals surface area contributed by atoms with Gasteiger partial charge in [0.15, 0.2) is 0 Å². The van der Waals surface area contributed by atoms with Crippen LogP contribution in [-0.2, 0) is 0 Å². The highest BCUT2D eigenvalue weighted by Gasteiger charge is 2.07. The lowest BCUT2D eigenvalue weighted by molar-refractivity contribution is 0.0958. The van der Waals surface area contributed by atoms with Crippen molar-refractivity contribution in [2.45, 2.75) is 0 Å². The maximum absolute atomic E-state index is 11.8. The number of aromatic nitrogens is 2.